The number of alkyl halides is 1. The van der Waals surface area contributed by atoms with Crippen molar-refractivity contribution in [2.45, 2.75) is 0 Å². The first-order valence-electron chi connectivity index (χ1n) is 4.94. The number of benzene rings is 1. The molecule has 2 rings (SSSR count). The highest BCUT2D eigenvalue weighted by Crippen LogP contribution is 2.21. The number of nitro benzene ring substituents is 1. The van der Waals surface area contributed by atoms with Gasteiger partial charge in [-0.25, -0.2) is 9.37 Å². The lowest BCUT2D eigenvalue weighted by molar-refractivity contribution is -0.384. The van der Waals surface area contributed by atoms with E-state index in [0.29, 0.717) is 16.8 Å². The van der Waals surface area contributed by atoms with Crippen molar-refractivity contribution < 1.29 is 14.1 Å². The van der Waals surface area contributed by atoms with Crippen LogP contribution < -0.4 is 4.74 Å². The first-order chi connectivity index (χ1) is 8.20. The van der Waals surface area contributed by atoms with Crippen LogP contribution >= 0.6 is 0 Å². The molecule has 88 valence electrons. The van der Waals surface area contributed by atoms with E-state index in [0.717, 1.165) is 0 Å². The average molecular weight is 236 g/mol. The lowest BCUT2D eigenvalue weighted by atomic mass is 10.2. The summed E-state index contributed by atoms with van der Waals surface area (Å²) in [5.41, 5.74) is 0.587. The number of non-ortho nitro benzene ring substituents is 1. The minimum Gasteiger partial charge on any atom is -0.475 e. The van der Waals surface area contributed by atoms with Gasteiger partial charge in [-0.05, 0) is 12.1 Å². The van der Waals surface area contributed by atoms with Crippen molar-refractivity contribution in [3.05, 3.63) is 40.4 Å². The molecule has 5 nitrogen and oxygen atoms in total. The third-order valence-corrected chi connectivity index (χ3v) is 2.19. The summed E-state index contributed by atoms with van der Waals surface area (Å²) >= 11 is 0. The molecule has 1 heterocycles. The van der Waals surface area contributed by atoms with Gasteiger partial charge in [0, 0.05) is 23.6 Å². The molecule has 0 saturated heterocycles. The van der Waals surface area contributed by atoms with E-state index in [1.165, 1.54) is 18.2 Å². The summed E-state index contributed by atoms with van der Waals surface area (Å²) in [6.07, 6.45) is 0. The lowest BCUT2D eigenvalue weighted by Crippen LogP contribution is -2.00. The first-order valence-corrected chi connectivity index (χ1v) is 4.94. The van der Waals surface area contributed by atoms with E-state index in [9.17, 15) is 14.5 Å². The highest BCUT2D eigenvalue weighted by molar-refractivity contribution is 5.81. The van der Waals surface area contributed by atoms with Crippen molar-refractivity contribution in [2.24, 2.45) is 0 Å². The Kier molecular flexibility index (Phi) is 3.13. The molecule has 0 amide bonds. The molecule has 0 spiro atoms. The Morgan fingerprint density at radius 3 is 2.88 bits per heavy atom. The largest absolute Gasteiger partial charge is 0.475 e. The molecular weight excluding hydrogens is 227 g/mol. The monoisotopic (exact) mass is 236 g/mol. The van der Waals surface area contributed by atoms with Crippen molar-refractivity contribution >= 4 is 16.6 Å². The molecule has 2 aromatic rings. The molecular formula is C11H9FN2O3. The standard InChI is InChI=1S/C11H9FN2O3/c12-5-6-17-11-4-1-8-7-9(14(15)16)2-3-10(8)13-11/h1-4,7H,5-6H2. The molecule has 6 heteroatoms. The Morgan fingerprint density at radius 1 is 1.35 bits per heavy atom. The van der Waals surface area contributed by atoms with E-state index in [1.807, 2.05) is 0 Å². The van der Waals surface area contributed by atoms with Gasteiger partial charge in [0.25, 0.3) is 5.69 Å². The quantitative estimate of drug-likeness (QED) is 0.604. The van der Waals surface area contributed by atoms with Crippen LogP contribution in [0.3, 0.4) is 0 Å². The summed E-state index contributed by atoms with van der Waals surface area (Å²) < 4.78 is 16.9. The number of hydrogen-bond acceptors (Lipinski definition) is 4. The van der Waals surface area contributed by atoms with Gasteiger partial charge in [0.2, 0.25) is 5.88 Å². The van der Waals surface area contributed by atoms with Gasteiger partial charge in [-0.15, -0.1) is 0 Å². The molecule has 0 radical (unpaired) electrons. The van der Waals surface area contributed by atoms with Crippen molar-refractivity contribution in [2.75, 3.05) is 13.3 Å². The van der Waals surface area contributed by atoms with Gasteiger partial charge in [-0.2, -0.15) is 0 Å². The van der Waals surface area contributed by atoms with Gasteiger partial charge >= 0.3 is 0 Å². The van der Waals surface area contributed by atoms with Crippen LogP contribution in [0.5, 0.6) is 5.88 Å². The molecule has 0 aliphatic rings. The maximum atomic E-state index is 11.9. The van der Waals surface area contributed by atoms with Gasteiger partial charge in [-0.3, -0.25) is 10.1 Å². The number of pyridine rings is 1. The van der Waals surface area contributed by atoms with Crippen LogP contribution in [0.1, 0.15) is 0 Å². The number of halogens is 1. The van der Waals surface area contributed by atoms with Crippen LogP contribution in [0.25, 0.3) is 10.9 Å². The molecule has 1 aromatic heterocycles. The van der Waals surface area contributed by atoms with Crippen molar-refractivity contribution in [1.29, 1.82) is 0 Å². The zero-order valence-electron chi connectivity index (χ0n) is 8.80. The SMILES string of the molecule is O=[N+]([O-])c1ccc2nc(OCCF)ccc2c1. The molecule has 0 saturated carbocycles. The Hall–Kier alpha value is -2.24. The van der Waals surface area contributed by atoms with Gasteiger partial charge < -0.3 is 4.74 Å². The summed E-state index contributed by atoms with van der Waals surface area (Å²) in [7, 11) is 0. The second kappa shape index (κ2) is 4.73. The van der Waals surface area contributed by atoms with Crippen molar-refractivity contribution in [3.63, 3.8) is 0 Å². The number of nitro groups is 1. The Balaban J connectivity index is 2.36. The molecule has 0 N–H and O–H groups in total. The van der Waals surface area contributed by atoms with Crippen molar-refractivity contribution in [1.82, 2.24) is 4.98 Å². The fraction of sp³-hybridized carbons (Fsp3) is 0.182. The van der Waals surface area contributed by atoms with E-state index in [-0.39, 0.29) is 12.3 Å². The number of aromatic nitrogens is 1. The first kappa shape index (κ1) is 11.3. The number of nitrogens with zero attached hydrogens (tertiary/aromatic N) is 2. The van der Waals surface area contributed by atoms with Crippen LogP contribution in [-0.4, -0.2) is 23.2 Å². The molecule has 0 aliphatic heterocycles. The van der Waals surface area contributed by atoms with Gasteiger partial charge in [0.1, 0.15) is 13.3 Å². The molecule has 0 unspecified atom stereocenters. The molecule has 0 atom stereocenters. The van der Waals surface area contributed by atoms with E-state index < -0.39 is 11.6 Å². The zero-order valence-corrected chi connectivity index (χ0v) is 8.80. The Morgan fingerprint density at radius 2 is 2.18 bits per heavy atom. The lowest BCUT2D eigenvalue weighted by Gasteiger charge is -2.03. The minimum atomic E-state index is -0.583. The highest BCUT2D eigenvalue weighted by atomic mass is 19.1. The van der Waals surface area contributed by atoms with E-state index in [4.69, 9.17) is 4.74 Å². The highest BCUT2D eigenvalue weighted by Gasteiger charge is 2.07. The molecule has 0 fully saturated rings. The summed E-state index contributed by atoms with van der Waals surface area (Å²) in [5.74, 6) is 0.309. The van der Waals surface area contributed by atoms with Crippen LogP contribution in [0.15, 0.2) is 30.3 Å². The third-order valence-electron chi connectivity index (χ3n) is 2.19. The third kappa shape index (κ3) is 2.47. The van der Waals surface area contributed by atoms with E-state index in [2.05, 4.69) is 4.98 Å². The summed E-state index contributed by atoms with van der Waals surface area (Å²) in [4.78, 5) is 14.2. The Labute approximate surface area is 96.0 Å². The Bertz CT molecular complexity index is 559. The average Bonchev–Trinajstić information content (AvgIpc) is 2.35. The van der Waals surface area contributed by atoms with E-state index >= 15 is 0 Å². The second-order valence-corrected chi connectivity index (χ2v) is 3.32. The molecule has 0 bridgehead atoms. The fourth-order valence-corrected chi connectivity index (χ4v) is 1.43. The number of hydrogen-bond donors (Lipinski definition) is 0. The van der Waals surface area contributed by atoms with Gasteiger partial charge in [-0.1, -0.05) is 0 Å². The van der Waals surface area contributed by atoms with E-state index in [1.54, 1.807) is 12.1 Å². The number of rotatable bonds is 4. The zero-order chi connectivity index (χ0) is 12.3. The van der Waals surface area contributed by atoms with Crippen molar-refractivity contribution in [3.8, 4) is 5.88 Å². The smallest absolute Gasteiger partial charge is 0.270 e. The fourth-order valence-electron chi connectivity index (χ4n) is 1.43. The normalized spacial score (nSPS) is 10.4. The number of ether oxygens (including phenoxy) is 1. The van der Waals surface area contributed by atoms with Gasteiger partial charge in [0.15, 0.2) is 0 Å². The molecule has 0 aliphatic carbocycles. The molecule has 1 aromatic carbocycles. The summed E-state index contributed by atoms with van der Waals surface area (Å²) in [6.45, 7) is -0.633. The second-order valence-electron chi connectivity index (χ2n) is 3.32. The minimum absolute atomic E-state index is 0.0109. The topological polar surface area (TPSA) is 65.3 Å². The predicted octanol–water partition coefficient (Wildman–Crippen LogP) is 2.49. The number of fused-ring (bicyclic) bond motifs is 1. The maximum absolute atomic E-state index is 11.9. The molecule has 17 heavy (non-hydrogen) atoms. The van der Waals surface area contributed by atoms with Crippen LogP contribution in [0.4, 0.5) is 10.1 Å². The van der Waals surface area contributed by atoms with Crippen LogP contribution in [0.2, 0.25) is 0 Å². The predicted molar refractivity (Wildman–Crippen MR) is 59.9 cm³/mol. The summed E-state index contributed by atoms with van der Waals surface area (Å²) in [6, 6.07) is 7.55. The van der Waals surface area contributed by atoms with Crippen LogP contribution in [0, 0.1) is 10.1 Å². The van der Waals surface area contributed by atoms with Crippen LogP contribution in [-0.2, 0) is 0 Å². The van der Waals surface area contributed by atoms with Gasteiger partial charge in [0.05, 0.1) is 10.4 Å². The maximum Gasteiger partial charge on any atom is 0.270 e. The summed E-state index contributed by atoms with van der Waals surface area (Å²) in [5, 5.41) is 11.2.